The van der Waals surface area contributed by atoms with Gasteiger partial charge in [-0.3, -0.25) is 0 Å². The molecule has 0 aromatic heterocycles. The lowest BCUT2D eigenvalue weighted by Crippen LogP contribution is -2.47. The van der Waals surface area contributed by atoms with E-state index >= 15 is 30.7 Å². The molecule has 6 nitrogen and oxygen atoms in total. The summed E-state index contributed by atoms with van der Waals surface area (Å²) in [7, 11) is 0. The zero-order chi connectivity index (χ0) is 27.9. The van der Waals surface area contributed by atoms with Crippen molar-refractivity contribution >= 4 is 23.9 Å². The fourth-order valence-electron chi connectivity index (χ4n) is 4.55. The van der Waals surface area contributed by atoms with Crippen molar-refractivity contribution in [2.75, 3.05) is 0 Å². The molecule has 2 aliphatic rings. The monoisotopic (exact) mass is 542 g/mol. The molecule has 0 N–H and O–H groups in total. The lowest BCUT2D eigenvalue weighted by atomic mass is 9.67. The Morgan fingerprint density at radius 1 is 0.500 bits per heavy atom. The third-order valence-electron chi connectivity index (χ3n) is 6.08. The summed E-state index contributed by atoms with van der Waals surface area (Å²) in [5.74, 6) is -16.2. The molecule has 5 rings (SSSR count). The highest BCUT2D eigenvalue weighted by Crippen LogP contribution is 2.55. The largest absolute Gasteiger partial charge is 0.406 e. The highest BCUT2D eigenvalue weighted by molar-refractivity contribution is 6.15. The summed E-state index contributed by atoms with van der Waals surface area (Å²) in [6, 6.07) is 0.0190. The number of hydrogen-bond donors (Lipinski definition) is 0. The maximum Gasteiger partial charge on any atom is 0.406 e. The van der Waals surface area contributed by atoms with Gasteiger partial charge in [-0.2, -0.15) is 13.2 Å². The van der Waals surface area contributed by atoms with Crippen LogP contribution >= 0.6 is 0 Å². The van der Waals surface area contributed by atoms with E-state index in [0.717, 1.165) is 0 Å². The second kappa shape index (κ2) is 7.94. The van der Waals surface area contributed by atoms with Crippen LogP contribution in [0.5, 0.6) is 0 Å². The van der Waals surface area contributed by atoms with Crippen LogP contribution in [0.3, 0.4) is 0 Å². The van der Waals surface area contributed by atoms with Crippen LogP contribution in [0.4, 0.5) is 35.1 Å². The minimum atomic E-state index is -6.10. The lowest BCUT2D eigenvalue weighted by Gasteiger charge is -2.38. The summed E-state index contributed by atoms with van der Waals surface area (Å²) < 4.78 is 129. The molecule has 0 saturated carbocycles. The summed E-state index contributed by atoms with van der Waals surface area (Å²) in [6.07, 6.45) is -6.10. The highest BCUT2D eigenvalue weighted by atomic mass is 19.4. The first kappa shape index (κ1) is 25.0. The molecule has 0 fully saturated rings. The second-order valence-electron chi connectivity index (χ2n) is 8.10. The first-order chi connectivity index (χ1) is 17.7. The molecule has 3 aromatic rings. The van der Waals surface area contributed by atoms with Gasteiger partial charge in [0, 0.05) is 28.8 Å². The van der Waals surface area contributed by atoms with Gasteiger partial charge in [0.2, 0.25) is 0 Å². The van der Waals surface area contributed by atoms with E-state index in [4.69, 9.17) is 0 Å². The van der Waals surface area contributed by atoms with Crippen LogP contribution in [0.25, 0.3) is 0 Å². The van der Waals surface area contributed by atoms with Gasteiger partial charge < -0.3 is 9.47 Å². The summed E-state index contributed by atoms with van der Waals surface area (Å²) in [4.78, 5) is 47.7. The quantitative estimate of drug-likeness (QED) is 0.203. The number of cyclic esters (lactones) is 4. The number of benzene rings is 3. The van der Waals surface area contributed by atoms with Crippen LogP contribution in [0.2, 0.25) is 0 Å². The van der Waals surface area contributed by atoms with Gasteiger partial charge in [0.15, 0.2) is 5.41 Å². The first-order valence-electron chi connectivity index (χ1n) is 10.1. The molecule has 14 heteroatoms. The van der Waals surface area contributed by atoms with Crippen LogP contribution in [-0.4, -0.2) is 30.1 Å². The molecule has 0 aliphatic carbocycles. The Kier molecular flexibility index (Phi) is 5.23. The van der Waals surface area contributed by atoms with Gasteiger partial charge in [0.05, 0.1) is 22.3 Å². The number of esters is 4. The number of ether oxygens (including phenoxy) is 2. The van der Waals surface area contributed by atoms with Gasteiger partial charge in [-0.25, -0.2) is 41.1 Å². The number of hydrogen-bond acceptors (Lipinski definition) is 6. The molecule has 0 atom stereocenters. The molecule has 0 unspecified atom stereocenters. The van der Waals surface area contributed by atoms with E-state index in [1.165, 1.54) is 0 Å². The average molecular weight is 542 g/mol. The van der Waals surface area contributed by atoms with E-state index in [-0.39, 0.29) is 36.4 Å². The molecular weight excluding hydrogens is 536 g/mol. The van der Waals surface area contributed by atoms with Gasteiger partial charge in [0.25, 0.3) is 0 Å². The molecule has 2 heterocycles. The Balaban J connectivity index is 2.02. The SMILES string of the molecule is O=C1OC(=O)c2cc(C(c3cc4c(cc3F)C(=O)OC4=O)(c3c(F)cc(F)cc3F)C(F)(F)F)c(F)cc21. The number of carbonyl (C=O) groups is 4. The fraction of sp³-hybridized carbons (Fsp3) is 0.0833. The number of fused-ring (bicyclic) bond motifs is 2. The molecule has 0 spiro atoms. The van der Waals surface area contributed by atoms with Crippen molar-refractivity contribution in [1.29, 1.82) is 0 Å². The number of alkyl halides is 3. The molecule has 3 aromatic carbocycles. The van der Waals surface area contributed by atoms with Gasteiger partial charge in [-0.15, -0.1) is 0 Å². The van der Waals surface area contributed by atoms with Gasteiger partial charge >= 0.3 is 30.1 Å². The Bertz CT molecular complexity index is 1540. The van der Waals surface area contributed by atoms with Crippen molar-refractivity contribution in [2.45, 2.75) is 11.6 Å². The summed E-state index contributed by atoms with van der Waals surface area (Å²) in [5, 5.41) is 0. The van der Waals surface area contributed by atoms with Crippen LogP contribution in [-0.2, 0) is 14.9 Å². The van der Waals surface area contributed by atoms with E-state index in [0.29, 0.717) is 0 Å². The van der Waals surface area contributed by atoms with Gasteiger partial charge in [-0.1, -0.05) is 0 Å². The molecule has 194 valence electrons. The molecule has 0 saturated heterocycles. The van der Waals surface area contributed by atoms with Crippen LogP contribution in [0.1, 0.15) is 58.1 Å². The van der Waals surface area contributed by atoms with Crippen molar-refractivity contribution in [3.8, 4) is 0 Å². The third-order valence-corrected chi connectivity index (χ3v) is 6.08. The summed E-state index contributed by atoms with van der Waals surface area (Å²) in [5.41, 5.74) is -13.9. The predicted molar refractivity (Wildman–Crippen MR) is 105 cm³/mol. The fourth-order valence-corrected chi connectivity index (χ4v) is 4.55. The molecule has 0 radical (unpaired) electrons. The van der Waals surface area contributed by atoms with Gasteiger partial charge in [0.1, 0.15) is 29.1 Å². The Hall–Kier alpha value is -4.62. The maximum absolute atomic E-state index is 15.4. The Morgan fingerprint density at radius 3 is 1.18 bits per heavy atom. The van der Waals surface area contributed by atoms with Crippen molar-refractivity contribution in [3.63, 3.8) is 0 Å². The van der Waals surface area contributed by atoms with E-state index in [2.05, 4.69) is 9.47 Å². The van der Waals surface area contributed by atoms with Crippen LogP contribution < -0.4 is 0 Å². The van der Waals surface area contributed by atoms with Crippen molar-refractivity contribution in [1.82, 2.24) is 0 Å². The Labute approximate surface area is 204 Å². The molecule has 2 aliphatic heterocycles. The molecular formula is C24H6F8O6. The van der Waals surface area contributed by atoms with Crippen LogP contribution in [0.15, 0.2) is 36.4 Å². The molecule has 0 amide bonds. The third kappa shape index (κ3) is 3.25. The second-order valence-corrected chi connectivity index (χ2v) is 8.10. The zero-order valence-corrected chi connectivity index (χ0v) is 17.9. The topological polar surface area (TPSA) is 86.7 Å². The maximum atomic E-state index is 15.4. The summed E-state index contributed by atoms with van der Waals surface area (Å²) >= 11 is 0. The standard InChI is InChI=1S/C24H6F8O6/c25-7-1-16(28)18(17(29)2-7)23(24(30,31)32,12-3-8-10(5-14(12)26)21(35)37-19(8)33)13-4-9-11(6-15(13)27)22(36)38-20(9)34/h1-6H. The van der Waals surface area contributed by atoms with Crippen molar-refractivity contribution in [3.05, 3.63) is 104 Å². The van der Waals surface area contributed by atoms with E-state index in [9.17, 15) is 23.6 Å². The van der Waals surface area contributed by atoms with Crippen molar-refractivity contribution < 1.29 is 63.8 Å². The van der Waals surface area contributed by atoms with Crippen LogP contribution in [0, 0.1) is 29.1 Å². The normalized spacial score (nSPS) is 14.9. The van der Waals surface area contributed by atoms with E-state index in [1.54, 1.807) is 0 Å². The first-order valence-corrected chi connectivity index (χ1v) is 10.1. The predicted octanol–water partition coefficient (Wildman–Crippen LogP) is 4.90. The number of carbonyl (C=O) groups excluding carboxylic acids is 4. The van der Waals surface area contributed by atoms with E-state index in [1.807, 2.05) is 0 Å². The van der Waals surface area contributed by atoms with Gasteiger partial charge in [-0.05, 0) is 24.3 Å². The van der Waals surface area contributed by atoms with E-state index < -0.39 is 103 Å². The van der Waals surface area contributed by atoms with Crippen molar-refractivity contribution in [2.24, 2.45) is 0 Å². The average Bonchev–Trinajstić information content (AvgIpc) is 3.22. The minimum absolute atomic E-state index is 0.0871. The smallest absolute Gasteiger partial charge is 0.386 e. The lowest BCUT2D eigenvalue weighted by molar-refractivity contribution is -0.169. The minimum Gasteiger partial charge on any atom is -0.386 e. The Morgan fingerprint density at radius 2 is 0.842 bits per heavy atom. The zero-order valence-electron chi connectivity index (χ0n) is 17.9. The molecule has 38 heavy (non-hydrogen) atoms. The molecule has 0 bridgehead atoms. The number of rotatable bonds is 3. The highest BCUT2D eigenvalue weighted by Gasteiger charge is 2.64. The summed E-state index contributed by atoms with van der Waals surface area (Å²) in [6.45, 7) is 0. The number of halogens is 8.